The number of rotatable bonds is 7. The fourth-order valence-corrected chi connectivity index (χ4v) is 4.22. The van der Waals surface area contributed by atoms with E-state index >= 15 is 0 Å². The van der Waals surface area contributed by atoms with Crippen LogP contribution in [0, 0.1) is 6.92 Å². The summed E-state index contributed by atoms with van der Waals surface area (Å²) < 4.78 is 27.7. The van der Waals surface area contributed by atoms with Gasteiger partial charge in [0.15, 0.2) is 5.78 Å². The highest BCUT2D eigenvalue weighted by molar-refractivity contribution is 7.92. The SMILES string of the molecule is CC(=O)c1ccc(-c2cc(Nc3ccc(NS(=O)(=O)c4ccc(C)cc4)cc3)ncn2)cc1. The summed E-state index contributed by atoms with van der Waals surface area (Å²) in [6.45, 7) is 3.43. The number of aromatic nitrogens is 2. The molecule has 0 bridgehead atoms. The Balaban J connectivity index is 1.46. The van der Waals surface area contributed by atoms with Gasteiger partial charge in [-0.25, -0.2) is 18.4 Å². The fourth-order valence-electron chi connectivity index (χ4n) is 3.16. The van der Waals surface area contributed by atoms with Gasteiger partial charge in [-0.1, -0.05) is 42.0 Å². The molecular formula is C25H22N4O3S. The maximum absolute atomic E-state index is 12.6. The minimum Gasteiger partial charge on any atom is -0.340 e. The maximum Gasteiger partial charge on any atom is 0.261 e. The van der Waals surface area contributed by atoms with Crippen molar-refractivity contribution in [1.29, 1.82) is 0 Å². The Labute approximate surface area is 192 Å². The van der Waals surface area contributed by atoms with Crippen molar-refractivity contribution in [2.75, 3.05) is 10.0 Å². The molecule has 1 heterocycles. The molecule has 0 amide bonds. The summed E-state index contributed by atoms with van der Waals surface area (Å²) >= 11 is 0. The molecule has 0 aliphatic rings. The Morgan fingerprint density at radius 2 is 1.45 bits per heavy atom. The topological polar surface area (TPSA) is 101 Å². The average molecular weight is 459 g/mol. The van der Waals surface area contributed by atoms with Gasteiger partial charge in [-0.15, -0.1) is 0 Å². The zero-order valence-corrected chi connectivity index (χ0v) is 18.9. The summed E-state index contributed by atoms with van der Waals surface area (Å²) in [5.74, 6) is 0.597. The molecule has 0 aliphatic carbocycles. The van der Waals surface area contributed by atoms with Crippen LogP contribution in [0.25, 0.3) is 11.3 Å². The number of sulfonamides is 1. The van der Waals surface area contributed by atoms with E-state index < -0.39 is 10.0 Å². The van der Waals surface area contributed by atoms with Crippen LogP contribution >= 0.6 is 0 Å². The van der Waals surface area contributed by atoms with Crippen molar-refractivity contribution in [3.8, 4) is 11.3 Å². The maximum atomic E-state index is 12.6. The molecule has 3 aromatic carbocycles. The number of aryl methyl sites for hydroxylation is 1. The second kappa shape index (κ2) is 9.22. The Morgan fingerprint density at radius 1 is 0.818 bits per heavy atom. The molecule has 0 fully saturated rings. The number of nitrogens with zero attached hydrogens (tertiary/aromatic N) is 2. The van der Waals surface area contributed by atoms with E-state index in [1.165, 1.54) is 13.3 Å². The van der Waals surface area contributed by atoms with Crippen molar-refractivity contribution < 1.29 is 13.2 Å². The smallest absolute Gasteiger partial charge is 0.261 e. The summed E-state index contributed by atoms with van der Waals surface area (Å²) in [6, 6.07) is 22.6. The summed E-state index contributed by atoms with van der Waals surface area (Å²) in [5.41, 5.74) is 4.41. The second-order valence-electron chi connectivity index (χ2n) is 7.54. The van der Waals surface area contributed by atoms with Crippen molar-refractivity contribution in [3.05, 3.63) is 96.3 Å². The number of nitrogens with one attached hydrogen (secondary N) is 2. The van der Waals surface area contributed by atoms with E-state index in [1.807, 2.05) is 19.1 Å². The van der Waals surface area contributed by atoms with Gasteiger partial charge in [-0.3, -0.25) is 9.52 Å². The Hall–Kier alpha value is -4.04. The van der Waals surface area contributed by atoms with Gasteiger partial charge >= 0.3 is 0 Å². The Bertz CT molecular complexity index is 1380. The Morgan fingerprint density at radius 3 is 2.09 bits per heavy atom. The van der Waals surface area contributed by atoms with E-state index in [2.05, 4.69) is 20.0 Å². The van der Waals surface area contributed by atoms with Crippen LogP contribution in [0.4, 0.5) is 17.2 Å². The summed E-state index contributed by atoms with van der Waals surface area (Å²) in [5, 5.41) is 3.19. The van der Waals surface area contributed by atoms with Gasteiger partial charge in [0.25, 0.3) is 10.0 Å². The Kier molecular flexibility index (Phi) is 6.19. The van der Waals surface area contributed by atoms with Gasteiger partial charge in [0.05, 0.1) is 10.6 Å². The van der Waals surface area contributed by atoms with E-state index in [0.29, 0.717) is 22.8 Å². The lowest BCUT2D eigenvalue weighted by Crippen LogP contribution is -2.12. The van der Waals surface area contributed by atoms with Crippen molar-refractivity contribution in [2.45, 2.75) is 18.7 Å². The molecule has 0 spiro atoms. The molecule has 0 saturated carbocycles. The molecule has 0 aliphatic heterocycles. The highest BCUT2D eigenvalue weighted by atomic mass is 32.2. The second-order valence-corrected chi connectivity index (χ2v) is 9.23. The number of anilines is 3. The first kappa shape index (κ1) is 22.2. The number of hydrogen-bond acceptors (Lipinski definition) is 6. The van der Waals surface area contributed by atoms with Crippen LogP contribution in [0.3, 0.4) is 0 Å². The molecule has 7 nitrogen and oxygen atoms in total. The quantitative estimate of drug-likeness (QED) is 0.369. The lowest BCUT2D eigenvalue weighted by atomic mass is 10.1. The summed E-state index contributed by atoms with van der Waals surface area (Å²) in [6.07, 6.45) is 1.46. The van der Waals surface area contributed by atoms with Gasteiger partial charge in [0.1, 0.15) is 12.1 Å². The molecule has 2 N–H and O–H groups in total. The number of Topliss-reactive ketones (excluding diaryl/α,β-unsaturated/α-hetero) is 1. The van der Waals surface area contributed by atoms with Crippen LogP contribution in [-0.2, 0) is 10.0 Å². The minimum absolute atomic E-state index is 0.0104. The standard InChI is InChI=1S/C25H22N4O3S/c1-17-3-13-23(14-4-17)33(31,32)29-22-11-9-21(10-12-22)28-25-15-24(26-16-27-25)20-7-5-19(6-8-20)18(2)30/h3-16,29H,1-2H3,(H,26,27,28). The van der Waals surface area contributed by atoms with Crippen molar-refractivity contribution in [1.82, 2.24) is 9.97 Å². The predicted molar refractivity (Wildman–Crippen MR) is 129 cm³/mol. The number of benzene rings is 3. The normalized spacial score (nSPS) is 11.1. The molecule has 4 aromatic rings. The molecule has 33 heavy (non-hydrogen) atoms. The van der Waals surface area contributed by atoms with Gasteiger partial charge < -0.3 is 5.32 Å². The third kappa shape index (κ3) is 5.42. The molecule has 166 valence electrons. The van der Waals surface area contributed by atoms with Gasteiger partial charge in [0.2, 0.25) is 0 Å². The first-order valence-corrected chi connectivity index (χ1v) is 11.7. The third-order valence-corrected chi connectivity index (χ3v) is 6.39. The summed E-state index contributed by atoms with van der Waals surface area (Å²) in [4.78, 5) is 20.2. The van der Waals surface area contributed by atoms with Crippen LogP contribution in [-0.4, -0.2) is 24.2 Å². The van der Waals surface area contributed by atoms with Crippen LogP contribution in [0.15, 0.2) is 90.1 Å². The zero-order valence-electron chi connectivity index (χ0n) is 18.1. The number of carbonyl (C=O) groups excluding carboxylic acids is 1. The van der Waals surface area contributed by atoms with Crippen molar-refractivity contribution in [2.24, 2.45) is 0 Å². The molecule has 4 rings (SSSR count). The largest absolute Gasteiger partial charge is 0.340 e. The highest BCUT2D eigenvalue weighted by Gasteiger charge is 2.13. The molecule has 0 atom stereocenters. The van der Waals surface area contributed by atoms with E-state index in [1.54, 1.807) is 66.7 Å². The summed E-state index contributed by atoms with van der Waals surface area (Å²) in [7, 11) is -3.66. The number of hydrogen-bond donors (Lipinski definition) is 2. The third-order valence-electron chi connectivity index (χ3n) is 5.00. The van der Waals surface area contributed by atoms with Crippen LogP contribution in [0.1, 0.15) is 22.8 Å². The molecule has 0 radical (unpaired) electrons. The molecular weight excluding hydrogens is 436 g/mol. The molecule has 0 unspecified atom stereocenters. The van der Waals surface area contributed by atoms with E-state index in [0.717, 1.165) is 16.8 Å². The predicted octanol–water partition coefficient (Wildman–Crippen LogP) is 5.20. The molecule has 0 saturated heterocycles. The first-order valence-electron chi connectivity index (χ1n) is 10.2. The van der Waals surface area contributed by atoms with Crippen LogP contribution in [0.2, 0.25) is 0 Å². The van der Waals surface area contributed by atoms with Crippen LogP contribution < -0.4 is 10.0 Å². The van der Waals surface area contributed by atoms with E-state index in [9.17, 15) is 13.2 Å². The van der Waals surface area contributed by atoms with E-state index in [4.69, 9.17) is 0 Å². The van der Waals surface area contributed by atoms with Crippen molar-refractivity contribution in [3.63, 3.8) is 0 Å². The van der Waals surface area contributed by atoms with E-state index in [-0.39, 0.29) is 10.7 Å². The fraction of sp³-hybridized carbons (Fsp3) is 0.0800. The zero-order chi connectivity index (χ0) is 23.4. The van der Waals surface area contributed by atoms with Crippen LogP contribution in [0.5, 0.6) is 0 Å². The lowest BCUT2D eigenvalue weighted by Gasteiger charge is -2.10. The minimum atomic E-state index is -3.66. The first-order chi connectivity index (χ1) is 15.8. The lowest BCUT2D eigenvalue weighted by molar-refractivity contribution is 0.101. The van der Waals surface area contributed by atoms with Crippen molar-refractivity contribution >= 4 is 33.0 Å². The monoisotopic (exact) mass is 458 g/mol. The van der Waals surface area contributed by atoms with Gasteiger partial charge in [0, 0.05) is 28.6 Å². The molecule has 1 aromatic heterocycles. The average Bonchev–Trinajstić information content (AvgIpc) is 2.81. The van der Waals surface area contributed by atoms with Gasteiger partial charge in [-0.2, -0.15) is 0 Å². The van der Waals surface area contributed by atoms with Gasteiger partial charge in [-0.05, 0) is 50.2 Å². The molecule has 8 heteroatoms. The highest BCUT2D eigenvalue weighted by Crippen LogP contribution is 2.23. The number of ketones is 1. The number of carbonyl (C=O) groups is 1.